The van der Waals surface area contributed by atoms with Gasteiger partial charge in [-0.2, -0.15) is 0 Å². The Labute approximate surface area is 91.4 Å². The van der Waals surface area contributed by atoms with Gasteiger partial charge in [0, 0.05) is 12.7 Å². The molecule has 1 heterocycles. The Bertz CT molecular complexity index is 306. The standard InChI is InChI=1S/C13H18N2/c1-2-6-12(7-3-1)10-14-11-13-8-4-5-9-15-13/h1-2,4-5,8-9,12,14H,3,6-7,10-11H2. The van der Waals surface area contributed by atoms with Gasteiger partial charge in [0.15, 0.2) is 0 Å². The maximum absolute atomic E-state index is 4.28. The van der Waals surface area contributed by atoms with E-state index in [0.717, 1.165) is 24.7 Å². The van der Waals surface area contributed by atoms with Crippen LogP contribution < -0.4 is 5.32 Å². The zero-order valence-corrected chi connectivity index (χ0v) is 9.02. The molecule has 1 unspecified atom stereocenters. The molecule has 1 aliphatic carbocycles. The van der Waals surface area contributed by atoms with Gasteiger partial charge in [-0.05, 0) is 43.9 Å². The second kappa shape index (κ2) is 5.66. The molecule has 0 radical (unpaired) electrons. The predicted molar refractivity (Wildman–Crippen MR) is 62.4 cm³/mol. The summed E-state index contributed by atoms with van der Waals surface area (Å²) in [6.07, 6.45) is 10.2. The lowest BCUT2D eigenvalue weighted by atomic mass is 9.94. The number of pyridine rings is 1. The average Bonchev–Trinajstić information content (AvgIpc) is 2.32. The Morgan fingerprint density at radius 2 is 2.33 bits per heavy atom. The molecule has 1 aliphatic rings. The number of hydrogen-bond acceptors (Lipinski definition) is 2. The summed E-state index contributed by atoms with van der Waals surface area (Å²) in [7, 11) is 0. The molecule has 2 heteroatoms. The molecule has 0 spiro atoms. The van der Waals surface area contributed by atoms with Crippen LogP contribution in [0.5, 0.6) is 0 Å². The van der Waals surface area contributed by atoms with Crippen LogP contribution in [0, 0.1) is 5.92 Å². The zero-order valence-electron chi connectivity index (χ0n) is 9.02. The SMILES string of the molecule is C1=CCC(CNCc2ccccn2)CC1. The first-order chi connectivity index (χ1) is 7.45. The van der Waals surface area contributed by atoms with E-state index in [2.05, 4.69) is 28.5 Å². The van der Waals surface area contributed by atoms with Gasteiger partial charge in [-0.15, -0.1) is 0 Å². The molecule has 2 rings (SSSR count). The number of aromatic nitrogens is 1. The molecule has 0 amide bonds. The van der Waals surface area contributed by atoms with E-state index >= 15 is 0 Å². The van der Waals surface area contributed by atoms with Crippen LogP contribution in [0.1, 0.15) is 25.0 Å². The van der Waals surface area contributed by atoms with E-state index in [1.807, 2.05) is 18.3 Å². The molecule has 1 atom stereocenters. The Kier molecular flexibility index (Phi) is 3.92. The second-order valence-electron chi connectivity index (χ2n) is 4.10. The first kappa shape index (κ1) is 10.4. The van der Waals surface area contributed by atoms with Gasteiger partial charge in [0.25, 0.3) is 0 Å². The van der Waals surface area contributed by atoms with Crippen molar-refractivity contribution in [1.29, 1.82) is 0 Å². The zero-order chi connectivity index (χ0) is 10.3. The molecule has 0 fully saturated rings. The van der Waals surface area contributed by atoms with Gasteiger partial charge in [-0.3, -0.25) is 4.98 Å². The summed E-state index contributed by atoms with van der Waals surface area (Å²) in [6, 6.07) is 6.05. The third kappa shape index (κ3) is 3.48. The predicted octanol–water partition coefficient (Wildman–Crippen LogP) is 2.53. The molecule has 1 aromatic heterocycles. The van der Waals surface area contributed by atoms with E-state index in [1.165, 1.54) is 19.3 Å². The van der Waals surface area contributed by atoms with Gasteiger partial charge in [-0.1, -0.05) is 18.2 Å². The van der Waals surface area contributed by atoms with Gasteiger partial charge in [0.2, 0.25) is 0 Å². The monoisotopic (exact) mass is 202 g/mol. The van der Waals surface area contributed by atoms with E-state index in [0.29, 0.717) is 0 Å². The topological polar surface area (TPSA) is 24.9 Å². The molecule has 2 nitrogen and oxygen atoms in total. The van der Waals surface area contributed by atoms with Crippen molar-refractivity contribution in [2.45, 2.75) is 25.8 Å². The maximum Gasteiger partial charge on any atom is 0.0541 e. The average molecular weight is 202 g/mol. The van der Waals surface area contributed by atoms with Crippen molar-refractivity contribution in [3.05, 3.63) is 42.2 Å². The Morgan fingerprint density at radius 1 is 1.33 bits per heavy atom. The molecular formula is C13H18N2. The number of hydrogen-bond donors (Lipinski definition) is 1. The Hall–Kier alpha value is -1.15. The van der Waals surface area contributed by atoms with Crippen LogP contribution >= 0.6 is 0 Å². The molecule has 15 heavy (non-hydrogen) atoms. The first-order valence-corrected chi connectivity index (χ1v) is 5.71. The quantitative estimate of drug-likeness (QED) is 0.759. The highest BCUT2D eigenvalue weighted by Crippen LogP contribution is 2.16. The van der Waals surface area contributed by atoms with Crippen LogP contribution in [0.15, 0.2) is 36.5 Å². The summed E-state index contributed by atoms with van der Waals surface area (Å²) in [5, 5.41) is 3.48. The van der Waals surface area contributed by atoms with Crippen molar-refractivity contribution in [3.8, 4) is 0 Å². The summed E-state index contributed by atoms with van der Waals surface area (Å²) in [5.41, 5.74) is 1.13. The molecule has 0 aromatic carbocycles. The lowest BCUT2D eigenvalue weighted by molar-refractivity contribution is 0.439. The molecule has 80 valence electrons. The van der Waals surface area contributed by atoms with Crippen LogP contribution in [0.2, 0.25) is 0 Å². The molecule has 1 N–H and O–H groups in total. The summed E-state index contributed by atoms with van der Waals surface area (Å²) in [6.45, 7) is 2.00. The highest BCUT2D eigenvalue weighted by Gasteiger charge is 2.08. The minimum Gasteiger partial charge on any atom is -0.311 e. The molecular weight excluding hydrogens is 184 g/mol. The van der Waals surface area contributed by atoms with Crippen LogP contribution in [0.3, 0.4) is 0 Å². The largest absolute Gasteiger partial charge is 0.311 e. The van der Waals surface area contributed by atoms with Crippen LogP contribution in [-0.4, -0.2) is 11.5 Å². The minimum atomic E-state index is 0.818. The third-order valence-electron chi connectivity index (χ3n) is 2.84. The normalized spacial score (nSPS) is 20.4. The van der Waals surface area contributed by atoms with Crippen LogP contribution in [0.4, 0.5) is 0 Å². The third-order valence-corrected chi connectivity index (χ3v) is 2.84. The summed E-state index contributed by atoms with van der Waals surface area (Å²) in [4.78, 5) is 4.28. The van der Waals surface area contributed by atoms with Crippen molar-refractivity contribution in [1.82, 2.24) is 10.3 Å². The Balaban J connectivity index is 1.68. The van der Waals surface area contributed by atoms with E-state index in [1.54, 1.807) is 0 Å². The smallest absolute Gasteiger partial charge is 0.0541 e. The minimum absolute atomic E-state index is 0.818. The van der Waals surface area contributed by atoms with Gasteiger partial charge in [-0.25, -0.2) is 0 Å². The van der Waals surface area contributed by atoms with Crippen LogP contribution in [-0.2, 0) is 6.54 Å². The molecule has 0 aliphatic heterocycles. The van der Waals surface area contributed by atoms with Crippen molar-refractivity contribution >= 4 is 0 Å². The molecule has 0 saturated heterocycles. The number of allylic oxidation sites excluding steroid dienone is 2. The number of rotatable bonds is 4. The second-order valence-corrected chi connectivity index (χ2v) is 4.10. The van der Waals surface area contributed by atoms with E-state index in [-0.39, 0.29) is 0 Å². The molecule has 0 bridgehead atoms. The molecule has 1 aromatic rings. The fourth-order valence-corrected chi connectivity index (χ4v) is 1.95. The van der Waals surface area contributed by atoms with Crippen molar-refractivity contribution < 1.29 is 0 Å². The summed E-state index contributed by atoms with van der Waals surface area (Å²) < 4.78 is 0. The first-order valence-electron chi connectivity index (χ1n) is 5.71. The van der Waals surface area contributed by atoms with Gasteiger partial charge >= 0.3 is 0 Å². The van der Waals surface area contributed by atoms with Gasteiger partial charge in [0.05, 0.1) is 5.69 Å². The summed E-state index contributed by atoms with van der Waals surface area (Å²) in [5.74, 6) is 0.818. The molecule has 0 saturated carbocycles. The van der Waals surface area contributed by atoms with Gasteiger partial charge < -0.3 is 5.32 Å². The summed E-state index contributed by atoms with van der Waals surface area (Å²) >= 11 is 0. The number of nitrogens with one attached hydrogen (secondary N) is 1. The fraction of sp³-hybridized carbons (Fsp3) is 0.462. The lowest BCUT2D eigenvalue weighted by Gasteiger charge is -2.17. The van der Waals surface area contributed by atoms with E-state index in [4.69, 9.17) is 0 Å². The fourth-order valence-electron chi connectivity index (χ4n) is 1.95. The van der Waals surface area contributed by atoms with Crippen molar-refractivity contribution in [3.63, 3.8) is 0 Å². The van der Waals surface area contributed by atoms with Crippen molar-refractivity contribution in [2.75, 3.05) is 6.54 Å². The highest BCUT2D eigenvalue weighted by molar-refractivity contribution is 5.03. The highest BCUT2D eigenvalue weighted by atomic mass is 14.9. The van der Waals surface area contributed by atoms with Crippen molar-refractivity contribution in [2.24, 2.45) is 5.92 Å². The van der Waals surface area contributed by atoms with Crippen LogP contribution in [0.25, 0.3) is 0 Å². The van der Waals surface area contributed by atoms with E-state index in [9.17, 15) is 0 Å². The number of nitrogens with zero attached hydrogens (tertiary/aromatic N) is 1. The van der Waals surface area contributed by atoms with E-state index < -0.39 is 0 Å². The maximum atomic E-state index is 4.28. The Morgan fingerprint density at radius 3 is 3.07 bits per heavy atom. The van der Waals surface area contributed by atoms with Gasteiger partial charge in [0.1, 0.15) is 0 Å². The lowest BCUT2D eigenvalue weighted by Crippen LogP contribution is -2.23.